The monoisotopic (exact) mass is 420 g/mol. The molecule has 0 aliphatic carbocycles. The quantitative estimate of drug-likeness (QED) is 0.311. The van der Waals surface area contributed by atoms with Crippen LogP contribution in [-0.2, 0) is 13.1 Å². The van der Waals surface area contributed by atoms with Gasteiger partial charge in [-0.3, -0.25) is 0 Å². The lowest BCUT2D eigenvalue weighted by Gasteiger charge is -2.20. The number of hydrogen-bond acceptors (Lipinski definition) is 2. The van der Waals surface area contributed by atoms with Gasteiger partial charge < -0.3 is 9.80 Å². The second-order valence-corrected chi connectivity index (χ2v) is 8.78. The Hall–Kier alpha value is -3.52. The van der Waals surface area contributed by atoms with Gasteiger partial charge in [0, 0.05) is 38.6 Å². The molecular weight excluding hydrogens is 388 g/mol. The summed E-state index contributed by atoms with van der Waals surface area (Å²) in [6, 6.07) is 35.2. The van der Waals surface area contributed by atoms with Gasteiger partial charge >= 0.3 is 0 Å². The van der Waals surface area contributed by atoms with E-state index in [0.29, 0.717) is 0 Å². The van der Waals surface area contributed by atoms with Crippen LogP contribution in [-0.4, -0.2) is 14.1 Å². The normalized spacial score (nSPS) is 10.8. The topological polar surface area (TPSA) is 6.48 Å². The molecule has 0 fully saturated rings. The maximum atomic E-state index is 2.29. The molecule has 0 aromatic heterocycles. The summed E-state index contributed by atoms with van der Waals surface area (Å²) in [6.45, 7) is 6.04. The zero-order valence-electron chi connectivity index (χ0n) is 19.5. The van der Waals surface area contributed by atoms with Gasteiger partial charge in [-0.15, -0.1) is 0 Å². The van der Waals surface area contributed by atoms with Gasteiger partial charge in [0.1, 0.15) is 0 Å². The molecule has 0 N–H and O–H groups in total. The van der Waals surface area contributed by atoms with E-state index in [2.05, 4.69) is 135 Å². The van der Waals surface area contributed by atoms with E-state index < -0.39 is 0 Å². The van der Waals surface area contributed by atoms with E-state index in [9.17, 15) is 0 Å². The highest BCUT2D eigenvalue weighted by Gasteiger charge is 2.05. The summed E-state index contributed by atoms with van der Waals surface area (Å²) >= 11 is 0. The first-order chi connectivity index (χ1) is 15.5. The molecule has 32 heavy (non-hydrogen) atoms. The number of aryl methyl sites for hydroxylation is 2. The van der Waals surface area contributed by atoms with Crippen LogP contribution in [0.25, 0.3) is 11.1 Å². The Morgan fingerprint density at radius 2 is 0.750 bits per heavy atom. The Morgan fingerprint density at radius 1 is 0.438 bits per heavy atom. The summed E-state index contributed by atoms with van der Waals surface area (Å²) in [4.78, 5) is 4.57. The van der Waals surface area contributed by atoms with Crippen molar-refractivity contribution in [3.63, 3.8) is 0 Å². The van der Waals surface area contributed by atoms with E-state index >= 15 is 0 Å². The largest absolute Gasteiger partial charge is 0.370 e. The minimum Gasteiger partial charge on any atom is -0.370 e. The Labute approximate surface area is 192 Å². The zero-order chi connectivity index (χ0) is 22.5. The van der Waals surface area contributed by atoms with Crippen molar-refractivity contribution in [1.82, 2.24) is 0 Å². The molecule has 0 spiro atoms. The standard InChI is InChI=1S/C30H32N2/c1-23-5-17-29(18-6-23)31(3)21-25-9-13-27(14-10-25)28-15-11-26(12-16-28)22-32(4)30-19-7-24(2)8-20-30/h5-20H,21-22H2,1-4H3. The maximum Gasteiger partial charge on any atom is 0.0426 e. The van der Waals surface area contributed by atoms with Crippen molar-refractivity contribution >= 4 is 11.4 Å². The Balaban J connectivity index is 1.38. The van der Waals surface area contributed by atoms with Gasteiger partial charge in [-0.2, -0.15) is 0 Å². The fraction of sp³-hybridized carbons (Fsp3) is 0.200. The lowest BCUT2D eigenvalue weighted by molar-refractivity contribution is 0.922. The van der Waals surface area contributed by atoms with Crippen LogP contribution >= 0.6 is 0 Å². The molecule has 4 aromatic rings. The average Bonchev–Trinajstić information content (AvgIpc) is 2.81. The second kappa shape index (κ2) is 9.74. The van der Waals surface area contributed by atoms with Crippen molar-refractivity contribution in [1.29, 1.82) is 0 Å². The number of benzene rings is 4. The smallest absolute Gasteiger partial charge is 0.0426 e. The van der Waals surface area contributed by atoms with Gasteiger partial charge in [0.25, 0.3) is 0 Å². The van der Waals surface area contributed by atoms with E-state index in [-0.39, 0.29) is 0 Å². The van der Waals surface area contributed by atoms with Gasteiger partial charge in [0.2, 0.25) is 0 Å². The van der Waals surface area contributed by atoms with E-state index in [1.54, 1.807) is 0 Å². The lowest BCUT2D eigenvalue weighted by atomic mass is 10.0. The van der Waals surface area contributed by atoms with Crippen molar-refractivity contribution in [2.45, 2.75) is 26.9 Å². The third-order valence-corrected chi connectivity index (χ3v) is 6.03. The highest BCUT2D eigenvalue weighted by Crippen LogP contribution is 2.23. The van der Waals surface area contributed by atoms with Crippen LogP contribution in [0.5, 0.6) is 0 Å². The number of rotatable bonds is 7. The highest BCUT2D eigenvalue weighted by atomic mass is 15.1. The number of hydrogen-bond donors (Lipinski definition) is 0. The molecule has 0 aliphatic rings. The van der Waals surface area contributed by atoms with Crippen LogP contribution < -0.4 is 9.80 Å². The van der Waals surface area contributed by atoms with Crippen LogP contribution in [0.15, 0.2) is 97.1 Å². The minimum absolute atomic E-state index is 0.896. The molecule has 2 heteroatoms. The molecule has 2 nitrogen and oxygen atoms in total. The molecule has 0 atom stereocenters. The number of anilines is 2. The third-order valence-electron chi connectivity index (χ3n) is 6.03. The molecule has 0 amide bonds. The average molecular weight is 421 g/mol. The first-order valence-corrected chi connectivity index (χ1v) is 11.2. The fourth-order valence-electron chi connectivity index (χ4n) is 3.93. The molecular formula is C30H32N2. The second-order valence-electron chi connectivity index (χ2n) is 8.78. The molecule has 162 valence electrons. The third kappa shape index (κ3) is 5.39. The first-order valence-electron chi connectivity index (χ1n) is 11.2. The van der Waals surface area contributed by atoms with Crippen LogP contribution in [0.2, 0.25) is 0 Å². The van der Waals surface area contributed by atoms with E-state index in [1.807, 2.05) is 0 Å². The van der Waals surface area contributed by atoms with Gasteiger partial charge in [-0.1, -0.05) is 83.9 Å². The molecule has 0 saturated carbocycles. The minimum atomic E-state index is 0.896. The molecule has 4 aromatic carbocycles. The predicted molar refractivity (Wildman–Crippen MR) is 138 cm³/mol. The molecule has 0 unspecified atom stereocenters. The highest BCUT2D eigenvalue weighted by molar-refractivity contribution is 5.64. The first kappa shape index (κ1) is 21.7. The van der Waals surface area contributed by atoms with Gasteiger partial charge in [-0.05, 0) is 60.4 Å². The molecule has 0 saturated heterocycles. The maximum absolute atomic E-state index is 2.29. The summed E-state index contributed by atoms with van der Waals surface area (Å²) in [5.41, 5.74) is 10.2. The van der Waals surface area contributed by atoms with Crippen LogP contribution in [0.1, 0.15) is 22.3 Å². The van der Waals surface area contributed by atoms with Crippen LogP contribution in [0.3, 0.4) is 0 Å². The van der Waals surface area contributed by atoms with Crippen molar-refractivity contribution in [3.8, 4) is 11.1 Å². The van der Waals surface area contributed by atoms with E-state index in [0.717, 1.165) is 13.1 Å². The van der Waals surface area contributed by atoms with Gasteiger partial charge in [-0.25, -0.2) is 0 Å². The molecule has 0 heterocycles. The summed E-state index contributed by atoms with van der Waals surface area (Å²) < 4.78 is 0. The van der Waals surface area contributed by atoms with Crippen molar-refractivity contribution in [2.24, 2.45) is 0 Å². The van der Waals surface area contributed by atoms with Crippen molar-refractivity contribution in [2.75, 3.05) is 23.9 Å². The SMILES string of the molecule is Cc1ccc(N(C)Cc2ccc(-c3ccc(CN(C)c4ccc(C)cc4)cc3)cc2)cc1. The summed E-state index contributed by atoms with van der Waals surface area (Å²) in [5, 5.41) is 0. The molecule has 0 bridgehead atoms. The van der Waals surface area contributed by atoms with E-state index in [4.69, 9.17) is 0 Å². The zero-order valence-corrected chi connectivity index (χ0v) is 19.5. The van der Waals surface area contributed by atoms with Gasteiger partial charge in [0.15, 0.2) is 0 Å². The molecule has 0 radical (unpaired) electrons. The predicted octanol–water partition coefficient (Wildman–Crippen LogP) is 7.24. The fourth-order valence-corrected chi connectivity index (χ4v) is 3.93. The Kier molecular flexibility index (Phi) is 6.61. The summed E-state index contributed by atoms with van der Waals surface area (Å²) in [6.07, 6.45) is 0. The summed E-state index contributed by atoms with van der Waals surface area (Å²) in [7, 11) is 4.29. The Morgan fingerprint density at radius 3 is 1.06 bits per heavy atom. The molecule has 0 aliphatic heterocycles. The molecule has 4 rings (SSSR count). The van der Waals surface area contributed by atoms with Crippen LogP contribution in [0, 0.1) is 13.8 Å². The van der Waals surface area contributed by atoms with Crippen molar-refractivity contribution < 1.29 is 0 Å². The van der Waals surface area contributed by atoms with Gasteiger partial charge in [0.05, 0.1) is 0 Å². The van der Waals surface area contributed by atoms with Crippen LogP contribution in [0.4, 0.5) is 11.4 Å². The van der Waals surface area contributed by atoms with E-state index in [1.165, 1.54) is 44.8 Å². The number of nitrogens with zero attached hydrogens (tertiary/aromatic N) is 2. The lowest BCUT2D eigenvalue weighted by Crippen LogP contribution is -2.16. The summed E-state index contributed by atoms with van der Waals surface area (Å²) in [5.74, 6) is 0. The Bertz CT molecular complexity index is 1030. The van der Waals surface area contributed by atoms with Crippen molar-refractivity contribution in [3.05, 3.63) is 119 Å².